The first-order chi connectivity index (χ1) is 8.56. The summed E-state index contributed by atoms with van der Waals surface area (Å²) in [6, 6.07) is 6.31. The summed E-state index contributed by atoms with van der Waals surface area (Å²) in [6.07, 6.45) is 2.96. The van der Waals surface area contributed by atoms with Crippen LogP contribution in [0.25, 0.3) is 0 Å². The lowest BCUT2D eigenvalue weighted by atomic mass is 10.1. The number of nitrogens with two attached hydrogens (primary N) is 1. The highest BCUT2D eigenvalue weighted by atomic mass is 16.3. The van der Waals surface area contributed by atoms with Gasteiger partial charge in [-0.2, -0.15) is 0 Å². The van der Waals surface area contributed by atoms with Crippen molar-refractivity contribution in [2.75, 3.05) is 13.6 Å². The second-order valence-corrected chi connectivity index (χ2v) is 5.14. The number of nitrogens with zero attached hydrogens (tertiary/aromatic N) is 1. The Morgan fingerprint density at radius 2 is 2.06 bits per heavy atom. The van der Waals surface area contributed by atoms with Crippen LogP contribution >= 0.6 is 0 Å². The van der Waals surface area contributed by atoms with Crippen LogP contribution in [0.15, 0.2) is 24.3 Å². The van der Waals surface area contributed by atoms with Gasteiger partial charge in [0.15, 0.2) is 0 Å². The van der Waals surface area contributed by atoms with Crippen LogP contribution in [0, 0.1) is 5.92 Å². The maximum Gasteiger partial charge on any atom is 0.239 e. The van der Waals surface area contributed by atoms with Crippen molar-refractivity contribution >= 4 is 5.91 Å². The molecular formula is C14H20N2O2. The average molecular weight is 248 g/mol. The number of benzene rings is 1. The topological polar surface area (TPSA) is 66.6 Å². The number of likely N-dealkylation sites (N-methyl/N-ethyl adjacent to an activating group) is 1. The molecule has 0 heterocycles. The van der Waals surface area contributed by atoms with Gasteiger partial charge >= 0.3 is 0 Å². The van der Waals surface area contributed by atoms with E-state index in [0.717, 1.165) is 12.1 Å². The van der Waals surface area contributed by atoms with Gasteiger partial charge in [-0.05, 0) is 42.9 Å². The first-order valence-electron chi connectivity index (χ1n) is 6.34. The summed E-state index contributed by atoms with van der Waals surface area (Å²) >= 11 is 0. The molecule has 4 heteroatoms. The number of phenolic OH excluding ortho intramolecular Hbond substituents is 1. The van der Waals surface area contributed by atoms with E-state index in [4.69, 9.17) is 5.73 Å². The van der Waals surface area contributed by atoms with Crippen LogP contribution in [0.4, 0.5) is 0 Å². The van der Waals surface area contributed by atoms with Gasteiger partial charge in [0.05, 0.1) is 6.04 Å². The molecule has 1 saturated carbocycles. The van der Waals surface area contributed by atoms with Crippen LogP contribution in [0.1, 0.15) is 18.4 Å². The van der Waals surface area contributed by atoms with Crippen molar-refractivity contribution in [3.63, 3.8) is 0 Å². The Labute approximate surface area is 107 Å². The van der Waals surface area contributed by atoms with Crippen LogP contribution in [0.3, 0.4) is 0 Å². The molecule has 98 valence electrons. The van der Waals surface area contributed by atoms with E-state index in [1.807, 2.05) is 7.05 Å². The van der Waals surface area contributed by atoms with Crippen molar-refractivity contribution in [2.45, 2.75) is 25.3 Å². The predicted molar refractivity (Wildman–Crippen MR) is 70.1 cm³/mol. The molecule has 0 spiro atoms. The molecule has 2 rings (SSSR count). The fraction of sp³-hybridized carbons (Fsp3) is 0.500. The molecular weight excluding hydrogens is 228 g/mol. The number of hydrogen-bond donors (Lipinski definition) is 2. The van der Waals surface area contributed by atoms with Crippen LogP contribution < -0.4 is 5.73 Å². The Balaban J connectivity index is 1.87. The van der Waals surface area contributed by atoms with Crippen molar-refractivity contribution in [3.8, 4) is 5.75 Å². The summed E-state index contributed by atoms with van der Waals surface area (Å²) in [4.78, 5) is 13.8. The smallest absolute Gasteiger partial charge is 0.239 e. The van der Waals surface area contributed by atoms with Crippen molar-refractivity contribution < 1.29 is 9.90 Å². The highest BCUT2D eigenvalue weighted by Gasteiger charge is 2.26. The minimum atomic E-state index is -0.502. The average Bonchev–Trinajstić information content (AvgIpc) is 3.15. The highest BCUT2D eigenvalue weighted by molar-refractivity contribution is 5.81. The number of carbonyl (C=O) groups excluding carboxylic acids is 1. The van der Waals surface area contributed by atoms with Crippen molar-refractivity contribution in [3.05, 3.63) is 29.8 Å². The van der Waals surface area contributed by atoms with Gasteiger partial charge in [-0.25, -0.2) is 0 Å². The van der Waals surface area contributed by atoms with E-state index in [1.165, 1.54) is 12.8 Å². The number of carbonyl (C=O) groups is 1. The zero-order chi connectivity index (χ0) is 13.1. The number of hydrogen-bond acceptors (Lipinski definition) is 3. The van der Waals surface area contributed by atoms with Gasteiger partial charge in [0.25, 0.3) is 0 Å². The molecule has 0 aromatic heterocycles. The maximum absolute atomic E-state index is 12.0. The molecule has 0 saturated heterocycles. The van der Waals surface area contributed by atoms with E-state index in [1.54, 1.807) is 29.2 Å². The summed E-state index contributed by atoms with van der Waals surface area (Å²) in [5.74, 6) is 0.902. The zero-order valence-electron chi connectivity index (χ0n) is 10.7. The van der Waals surface area contributed by atoms with Crippen molar-refractivity contribution in [1.29, 1.82) is 0 Å². The molecule has 3 N–H and O–H groups in total. The third-order valence-electron chi connectivity index (χ3n) is 3.31. The van der Waals surface area contributed by atoms with Crippen LogP contribution in [0.5, 0.6) is 5.75 Å². The molecule has 1 aliphatic rings. The molecule has 4 nitrogen and oxygen atoms in total. The second-order valence-electron chi connectivity index (χ2n) is 5.14. The van der Waals surface area contributed by atoms with Gasteiger partial charge in [-0.1, -0.05) is 12.1 Å². The van der Waals surface area contributed by atoms with E-state index < -0.39 is 6.04 Å². The van der Waals surface area contributed by atoms with E-state index in [9.17, 15) is 9.90 Å². The summed E-state index contributed by atoms with van der Waals surface area (Å²) in [5, 5.41) is 9.19. The zero-order valence-corrected chi connectivity index (χ0v) is 10.7. The molecule has 1 atom stereocenters. The van der Waals surface area contributed by atoms with Crippen LogP contribution in [0.2, 0.25) is 0 Å². The third kappa shape index (κ3) is 3.47. The van der Waals surface area contributed by atoms with Crippen molar-refractivity contribution in [1.82, 2.24) is 4.90 Å². The summed E-state index contributed by atoms with van der Waals surface area (Å²) in [7, 11) is 1.82. The lowest BCUT2D eigenvalue weighted by molar-refractivity contribution is -0.131. The first-order valence-corrected chi connectivity index (χ1v) is 6.34. The maximum atomic E-state index is 12.0. The Morgan fingerprint density at radius 1 is 1.44 bits per heavy atom. The van der Waals surface area contributed by atoms with E-state index >= 15 is 0 Å². The monoisotopic (exact) mass is 248 g/mol. The Hall–Kier alpha value is -1.55. The molecule has 18 heavy (non-hydrogen) atoms. The predicted octanol–water partition coefficient (Wildman–Crippen LogP) is 1.13. The lowest BCUT2D eigenvalue weighted by Crippen LogP contribution is -2.43. The molecule has 1 fully saturated rings. The van der Waals surface area contributed by atoms with Crippen LogP contribution in [-0.4, -0.2) is 35.5 Å². The van der Waals surface area contributed by atoms with Gasteiger partial charge in [-0.3, -0.25) is 4.79 Å². The molecule has 0 radical (unpaired) electrons. The van der Waals surface area contributed by atoms with Gasteiger partial charge in [0.2, 0.25) is 5.91 Å². The number of rotatable bonds is 5. The molecule has 1 aliphatic carbocycles. The number of aromatic hydroxyl groups is 1. The molecule has 0 aliphatic heterocycles. The molecule has 1 amide bonds. The largest absolute Gasteiger partial charge is 0.508 e. The number of amides is 1. The second kappa shape index (κ2) is 5.40. The van der Waals surface area contributed by atoms with Gasteiger partial charge in [0.1, 0.15) is 5.75 Å². The Bertz CT molecular complexity index is 412. The van der Waals surface area contributed by atoms with E-state index in [-0.39, 0.29) is 11.7 Å². The first kappa shape index (κ1) is 12.9. The normalized spacial score (nSPS) is 16.3. The van der Waals surface area contributed by atoms with E-state index in [0.29, 0.717) is 12.3 Å². The molecule has 0 bridgehead atoms. The Kier molecular flexibility index (Phi) is 3.87. The van der Waals surface area contributed by atoms with Gasteiger partial charge in [0, 0.05) is 13.6 Å². The Morgan fingerprint density at radius 3 is 2.61 bits per heavy atom. The van der Waals surface area contributed by atoms with Crippen molar-refractivity contribution in [2.24, 2.45) is 11.7 Å². The third-order valence-corrected chi connectivity index (χ3v) is 3.31. The fourth-order valence-corrected chi connectivity index (χ4v) is 2.03. The van der Waals surface area contributed by atoms with Crippen LogP contribution in [-0.2, 0) is 11.2 Å². The summed E-state index contributed by atoms with van der Waals surface area (Å²) in [5.41, 5.74) is 6.90. The fourth-order valence-electron chi connectivity index (χ4n) is 2.03. The lowest BCUT2D eigenvalue weighted by Gasteiger charge is -2.21. The highest BCUT2D eigenvalue weighted by Crippen LogP contribution is 2.29. The summed E-state index contributed by atoms with van der Waals surface area (Å²) < 4.78 is 0. The SMILES string of the molecule is CN(CC1CC1)C(=O)[C@@H](N)Cc1ccc(O)cc1. The molecule has 1 aromatic carbocycles. The minimum absolute atomic E-state index is 0.00465. The minimum Gasteiger partial charge on any atom is -0.508 e. The number of phenols is 1. The van der Waals surface area contributed by atoms with Gasteiger partial charge in [-0.15, -0.1) is 0 Å². The standard InChI is InChI=1S/C14H20N2O2/c1-16(9-11-2-3-11)14(18)13(15)8-10-4-6-12(17)7-5-10/h4-7,11,13,17H,2-3,8-9,15H2,1H3/t13-/m0/s1. The summed E-state index contributed by atoms with van der Waals surface area (Å²) in [6.45, 7) is 0.822. The molecule has 0 unspecified atom stereocenters. The quantitative estimate of drug-likeness (QED) is 0.821. The molecule has 1 aromatic rings. The van der Waals surface area contributed by atoms with Gasteiger partial charge < -0.3 is 15.7 Å². The van der Waals surface area contributed by atoms with E-state index in [2.05, 4.69) is 0 Å².